The van der Waals surface area contributed by atoms with Crippen LogP contribution < -0.4 is 5.73 Å². The standard InChI is InChI=1S/C14H19N3S/c1-10-4-5-14(12(6-10)7-11(2)15)18-13-8-16-17(3)9-13/h4-6,8-9,11H,7,15H2,1-3H3. The molecule has 1 unspecified atom stereocenters. The number of benzene rings is 1. The van der Waals surface area contributed by atoms with E-state index in [1.165, 1.54) is 16.0 Å². The molecule has 4 heteroatoms. The lowest BCUT2D eigenvalue weighted by atomic mass is 10.1. The Kier molecular flexibility index (Phi) is 4.09. The molecule has 1 aromatic heterocycles. The van der Waals surface area contributed by atoms with Gasteiger partial charge in [0.1, 0.15) is 0 Å². The van der Waals surface area contributed by atoms with Crippen molar-refractivity contribution in [2.24, 2.45) is 12.8 Å². The van der Waals surface area contributed by atoms with E-state index in [2.05, 4.69) is 30.2 Å². The molecular weight excluding hydrogens is 242 g/mol. The first-order valence-corrected chi connectivity index (χ1v) is 6.88. The highest BCUT2D eigenvalue weighted by atomic mass is 32.2. The van der Waals surface area contributed by atoms with E-state index in [4.69, 9.17) is 5.73 Å². The minimum absolute atomic E-state index is 0.181. The van der Waals surface area contributed by atoms with Crippen molar-refractivity contribution in [3.05, 3.63) is 41.7 Å². The molecule has 3 nitrogen and oxygen atoms in total. The van der Waals surface area contributed by atoms with Crippen LogP contribution in [0.5, 0.6) is 0 Å². The van der Waals surface area contributed by atoms with Crippen LogP contribution >= 0.6 is 11.8 Å². The maximum absolute atomic E-state index is 5.92. The van der Waals surface area contributed by atoms with Gasteiger partial charge in [0.25, 0.3) is 0 Å². The Morgan fingerprint density at radius 2 is 2.22 bits per heavy atom. The van der Waals surface area contributed by atoms with Crippen LogP contribution in [0, 0.1) is 6.92 Å². The van der Waals surface area contributed by atoms with Crippen molar-refractivity contribution in [2.75, 3.05) is 0 Å². The molecule has 0 aliphatic heterocycles. The molecule has 0 radical (unpaired) electrons. The molecule has 0 bridgehead atoms. The molecule has 0 aliphatic rings. The van der Waals surface area contributed by atoms with Gasteiger partial charge in [-0.25, -0.2) is 0 Å². The van der Waals surface area contributed by atoms with Gasteiger partial charge in [-0.05, 0) is 31.9 Å². The number of nitrogens with two attached hydrogens (primary N) is 1. The quantitative estimate of drug-likeness (QED) is 0.920. The van der Waals surface area contributed by atoms with E-state index in [0.29, 0.717) is 0 Å². The minimum Gasteiger partial charge on any atom is -0.328 e. The molecule has 1 atom stereocenters. The van der Waals surface area contributed by atoms with E-state index in [0.717, 1.165) is 11.3 Å². The Hall–Kier alpha value is -1.26. The van der Waals surface area contributed by atoms with E-state index in [9.17, 15) is 0 Å². The molecule has 1 aromatic carbocycles. The molecule has 0 saturated carbocycles. The fourth-order valence-corrected chi connectivity index (χ4v) is 2.86. The van der Waals surface area contributed by atoms with Crippen molar-refractivity contribution in [2.45, 2.75) is 36.1 Å². The zero-order valence-electron chi connectivity index (χ0n) is 11.1. The first-order valence-electron chi connectivity index (χ1n) is 6.06. The van der Waals surface area contributed by atoms with Crippen LogP contribution in [0.3, 0.4) is 0 Å². The molecule has 0 amide bonds. The summed E-state index contributed by atoms with van der Waals surface area (Å²) in [5, 5.41) is 4.19. The first kappa shape index (κ1) is 13.2. The van der Waals surface area contributed by atoms with Gasteiger partial charge in [-0.2, -0.15) is 5.10 Å². The van der Waals surface area contributed by atoms with E-state index in [1.54, 1.807) is 11.8 Å². The summed E-state index contributed by atoms with van der Waals surface area (Å²) in [5.41, 5.74) is 8.51. The lowest BCUT2D eigenvalue weighted by Crippen LogP contribution is -2.18. The highest BCUT2D eigenvalue weighted by Gasteiger charge is 2.08. The molecule has 2 N–H and O–H groups in total. The Balaban J connectivity index is 2.26. The predicted octanol–water partition coefficient (Wildman–Crippen LogP) is 2.77. The molecule has 2 rings (SSSR count). The smallest absolute Gasteiger partial charge is 0.0629 e. The van der Waals surface area contributed by atoms with Gasteiger partial charge in [-0.1, -0.05) is 29.5 Å². The Morgan fingerprint density at radius 1 is 1.44 bits per heavy atom. The molecular formula is C14H19N3S. The van der Waals surface area contributed by atoms with E-state index in [-0.39, 0.29) is 6.04 Å². The Bertz CT molecular complexity index is 532. The molecule has 0 aliphatic carbocycles. The van der Waals surface area contributed by atoms with Crippen LogP contribution in [0.1, 0.15) is 18.1 Å². The lowest BCUT2D eigenvalue weighted by Gasteiger charge is -2.11. The zero-order chi connectivity index (χ0) is 13.1. The average Bonchev–Trinajstić information content (AvgIpc) is 2.67. The van der Waals surface area contributed by atoms with Crippen molar-refractivity contribution in [1.29, 1.82) is 0 Å². The third-order valence-electron chi connectivity index (χ3n) is 2.67. The minimum atomic E-state index is 0.181. The molecule has 0 fully saturated rings. The number of rotatable bonds is 4. The van der Waals surface area contributed by atoms with Crippen molar-refractivity contribution >= 4 is 11.8 Å². The van der Waals surface area contributed by atoms with Crippen molar-refractivity contribution in [1.82, 2.24) is 9.78 Å². The van der Waals surface area contributed by atoms with E-state index < -0.39 is 0 Å². The second kappa shape index (κ2) is 5.59. The van der Waals surface area contributed by atoms with Gasteiger partial charge in [0.2, 0.25) is 0 Å². The maximum Gasteiger partial charge on any atom is 0.0629 e. The number of hydrogen-bond donors (Lipinski definition) is 1. The number of aryl methyl sites for hydroxylation is 2. The highest BCUT2D eigenvalue weighted by Crippen LogP contribution is 2.31. The van der Waals surface area contributed by atoms with Crippen molar-refractivity contribution < 1.29 is 0 Å². The van der Waals surface area contributed by atoms with Gasteiger partial charge in [0.15, 0.2) is 0 Å². The van der Waals surface area contributed by atoms with Crippen molar-refractivity contribution in [3.63, 3.8) is 0 Å². The van der Waals surface area contributed by atoms with Gasteiger partial charge < -0.3 is 5.73 Å². The second-order valence-electron chi connectivity index (χ2n) is 4.74. The van der Waals surface area contributed by atoms with Gasteiger partial charge in [-0.3, -0.25) is 4.68 Å². The normalized spacial score (nSPS) is 12.7. The summed E-state index contributed by atoms with van der Waals surface area (Å²) in [6, 6.07) is 6.72. The zero-order valence-corrected chi connectivity index (χ0v) is 11.9. The molecule has 96 valence electrons. The monoisotopic (exact) mass is 261 g/mol. The SMILES string of the molecule is Cc1ccc(Sc2cnn(C)c2)c(CC(C)N)c1. The van der Waals surface area contributed by atoms with Gasteiger partial charge in [0, 0.05) is 24.2 Å². The van der Waals surface area contributed by atoms with Gasteiger partial charge in [0.05, 0.1) is 11.1 Å². The molecule has 2 aromatic rings. The summed E-state index contributed by atoms with van der Waals surface area (Å²) in [6.45, 7) is 4.16. The fourth-order valence-electron chi connectivity index (χ4n) is 1.89. The fraction of sp³-hybridized carbons (Fsp3) is 0.357. The molecule has 18 heavy (non-hydrogen) atoms. The third-order valence-corrected chi connectivity index (χ3v) is 3.73. The van der Waals surface area contributed by atoms with Crippen LogP contribution in [-0.4, -0.2) is 15.8 Å². The first-order chi connectivity index (χ1) is 8.54. The van der Waals surface area contributed by atoms with Crippen LogP contribution in [-0.2, 0) is 13.5 Å². The number of aromatic nitrogens is 2. The Labute approximate surface area is 112 Å². The van der Waals surface area contributed by atoms with E-state index in [1.807, 2.05) is 31.0 Å². The lowest BCUT2D eigenvalue weighted by molar-refractivity contribution is 0.729. The van der Waals surface area contributed by atoms with E-state index >= 15 is 0 Å². The summed E-state index contributed by atoms with van der Waals surface area (Å²) in [6.07, 6.45) is 4.82. The Morgan fingerprint density at radius 3 is 2.83 bits per heavy atom. The summed E-state index contributed by atoms with van der Waals surface area (Å²) in [4.78, 5) is 2.43. The third kappa shape index (κ3) is 3.37. The second-order valence-corrected chi connectivity index (χ2v) is 5.86. The summed E-state index contributed by atoms with van der Waals surface area (Å²) < 4.78 is 1.82. The molecule has 0 spiro atoms. The topological polar surface area (TPSA) is 43.8 Å². The van der Waals surface area contributed by atoms with Crippen molar-refractivity contribution in [3.8, 4) is 0 Å². The van der Waals surface area contributed by atoms with Gasteiger partial charge in [-0.15, -0.1) is 0 Å². The van der Waals surface area contributed by atoms with Crippen LogP contribution in [0.2, 0.25) is 0 Å². The highest BCUT2D eigenvalue weighted by molar-refractivity contribution is 7.99. The average molecular weight is 261 g/mol. The van der Waals surface area contributed by atoms with Gasteiger partial charge >= 0.3 is 0 Å². The molecule has 1 heterocycles. The number of nitrogens with zero attached hydrogens (tertiary/aromatic N) is 2. The maximum atomic E-state index is 5.92. The summed E-state index contributed by atoms with van der Waals surface area (Å²) in [7, 11) is 1.93. The van der Waals surface area contributed by atoms with Crippen LogP contribution in [0.15, 0.2) is 40.4 Å². The summed E-state index contributed by atoms with van der Waals surface area (Å²) in [5.74, 6) is 0. The number of hydrogen-bond acceptors (Lipinski definition) is 3. The summed E-state index contributed by atoms with van der Waals surface area (Å²) >= 11 is 1.75. The van der Waals surface area contributed by atoms with Crippen LogP contribution in [0.4, 0.5) is 0 Å². The molecule has 0 saturated heterocycles. The predicted molar refractivity (Wildman–Crippen MR) is 75.9 cm³/mol. The van der Waals surface area contributed by atoms with Crippen LogP contribution in [0.25, 0.3) is 0 Å². The largest absolute Gasteiger partial charge is 0.328 e.